The summed E-state index contributed by atoms with van der Waals surface area (Å²) in [6.45, 7) is 5.65. The van der Waals surface area contributed by atoms with E-state index in [1.807, 2.05) is 63.2 Å². The van der Waals surface area contributed by atoms with E-state index in [1.165, 1.54) is 0 Å². The standard InChI is InChI=1S/C40H43N3O12/c1-22-10-13-28(41-35(44)32-19-50-38(47)53-32)16-26(22)8-4-6-25(31-18-30(15-12-24(31)3)43-37(46)34-21-52-40(49)55-34)7-5-9-27-17-29(14-11-23(27)2)42-36(45)33-20-51-39(48)54-33/h10-18,25,32-34H,4-9,19-21H2,1-3H3,(H,41,44)(H,42,45)(H,43,46). The first kappa shape index (κ1) is 38.6. The molecule has 0 bridgehead atoms. The van der Waals surface area contributed by atoms with E-state index in [9.17, 15) is 28.8 Å². The first-order chi connectivity index (χ1) is 26.4. The largest absolute Gasteiger partial charge is 0.509 e. The molecule has 0 aromatic heterocycles. The predicted molar refractivity (Wildman–Crippen MR) is 197 cm³/mol. The summed E-state index contributed by atoms with van der Waals surface area (Å²) >= 11 is 0. The van der Waals surface area contributed by atoms with E-state index in [-0.39, 0.29) is 25.7 Å². The summed E-state index contributed by atoms with van der Waals surface area (Å²) in [6, 6.07) is 17.1. The number of cyclic esters (lactones) is 6. The Balaban J connectivity index is 1.14. The van der Waals surface area contributed by atoms with Crippen molar-refractivity contribution in [1.82, 2.24) is 0 Å². The fraction of sp³-hybridized carbons (Fsp3) is 0.400. The SMILES string of the molecule is Cc1ccc(NC(=O)C2COC(=O)O2)cc1CCCC(CCCc1cc(NC(=O)C2COC(=O)O2)ccc1C)c1cc(NC(=O)C2COC(=O)O2)ccc1C. The first-order valence-corrected chi connectivity index (χ1v) is 18.1. The van der Waals surface area contributed by atoms with Gasteiger partial charge in [-0.25, -0.2) is 14.4 Å². The van der Waals surface area contributed by atoms with Gasteiger partial charge in [0.25, 0.3) is 17.7 Å². The number of amides is 3. The molecule has 15 heteroatoms. The topological polar surface area (TPSA) is 194 Å². The molecule has 3 aliphatic heterocycles. The monoisotopic (exact) mass is 757 g/mol. The Morgan fingerprint density at radius 2 is 0.927 bits per heavy atom. The Morgan fingerprint density at radius 3 is 1.29 bits per heavy atom. The van der Waals surface area contributed by atoms with Gasteiger partial charge in [0.1, 0.15) is 19.8 Å². The van der Waals surface area contributed by atoms with Gasteiger partial charge >= 0.3 is 18.5 Å². The Hall–Kier alpha value is -6.12. The van der Waals surface area contributed by atoms with Crippen LogP contribution in [0.1, 0.15) is 65.0 Å². The molecule has 0 spiro atoms. The van der Waals surface area contributed by atoms with Crippen LogP contribution in [0.5, 0.6) is 0 Å². The Bertz CT molecular complexity index is 1880. The summed E-state index contributed by atoms with van der Waals surface area (Å²) < 4.78 is 29.0. The maximum Gasteiger partial charge on any atom is 0.509 e. The number of benzene rings is 3. The highest BCUT2D eigenvalue weighted by molar-refractivity contribution is 5.97. The van der Waals surface area contributed by atoms with Crippen molar-refractivity contribution in [2.75, 3.05) is 35.8 Å². The third kappa shape index (κ3) is 10.1. The van der Waals surface area contributed by atoms with Crippen LogP contribution in [0.25, 0.3) is 0 Å². The molecular formula is C40H43N3O12. The minimum Gasteiger partial charge on any atom is -0.430 e. The van der Waals surface area contributed by atoms with Crippen LogP contribution in [0.2, 0.25) is 0 Å². The maximum atomic E-state index is 12.8. The van der Waals surface area contributed by atoms with Gasteiger partial charge < -0.3 is 44.4 Å². The van der Waals surface area contributed by atoms with Gasteiger partial charge in [-0.05, 0) is 135 Å². The van der Waals surface area contributed by atoms with Gasteiger partial charge in [-0.1, -0.05) is 18.2 Å². The number of carbonyl (C=O) groups excluding carboxylic acids is 6. The molecule has 0 saturated carbocycles. The van der Waals surface area contributed by atoms with E-state index in [0.717, 1.165) is 71.9 Å². The Kier molecular flexibility index (Phi) is 12.2. The van der Waals surface area contributed by atoms with Crippen LogP contribution in [0.15, 0.2) is 54.6 Å². The van der Waals surface area contributed by atoms with Crippen LogP contribution in [-0.2, 0) is 55.6 Å². The molecule has 3 saturated heterocycles. The van der Waals surface area contributed by atoms with Crippen molar-refractivity contribution in [2.45, 2.75) is 83.5 Å². The van der Waals surface area contributed by atoms with Gasteiger partial charge in [0.05, 0.1) is 0 Å². The lowest BCUT2D eigenvalue weighted by Gasteiger charge is -2.22. The van der Waals surface area contributed by atoms with Crippen LogP contribution in [-0.4, -0.2) is 74.3 Å². The number of nitrogens with one attached hydrogen (secondary N) is 3. The number of hydrogen-bond donors (Lipinski definition) is 3. The lowest BCUT2D eigenvalue weighted by atomic mass is 9.84. The molecule has 3 aromatic carbocycles. The van der Waals surface area contributed by atoms with Crippen molar-refractivity contribution in [3.63, 3.8) is 0 Å². The summed E-state index contributed by atoms with van der Waals surface area (Å²) in [6.07, 6.45) is -0.896. The zero-order valence-corrected chi connectivity index (χ0v) is 30.8. The highest BCUT2D eigenvalue weighted by Gasteiger charge is 2.33. The fourth-order valence-electron chi connectivity index (χ4n) is 6.77. The molecule has 0 aliphatic carbocycles. The number of aryl methyl sites for hydroxylation is 5. The van der Waals surface area contributed by atoms with Gasteiger partial charge in [0, 0.05) is 17.1 Å². The number of carbonyl (C=O) groups is 6. The number of anilines is 3. The molecule has 290 valence electrons. The molecule has 3 heterocycles. The van der Waals surface area contributed by atoms with Gasteiger partial charge in [0.2, 0.25) is 18.3 Å². The van der Waals surface area contributed by atoms with E-state index >= 15 is 0 Å². The minimum atomic E-state index is -1.02. The van der Waals surface area contributed by atoms with Crippen molar-refractivity contribution >= 4 is 53.2 Å². The molecule has 55 heavy (non-hydrogen) atoms. The number of hydrogen-bond acceptors (Lipinski definition) is 12. The molecule has 3 aliphatic rings. The molecule has 15 nitrogen and oxygen atoms in total. The average molecular weight is 758 g/mol. The second-order valence-electron chi connectivity index (χ2n) is 13.8. The van der Waals surface area contributed by atoms with E-state index in [4.69, 9.17) is 28.4 Å². The molecule has 3 amide bonds. The summed E-state index contributed by atoms with van der Waals surface area (Å²) in [7, 11) is 0. The third-order valence-corrected chi connectivity index (χ3v) is 9.87. The zero-order chi connectivity index (χ0) is 39.1. The molecular weight excluding hydrogens is 714 g/mol. The third-order valence-electron chi connectivity index (χ3n) is 9.87. The number of rotatable bonds is 15. The fourth-order valence-corrected chi connectivity index (χ4v) is 6.77. The second kappa shape index (κ2) is 17.3. The van der Waals surface area contributed by atoms with Crippen molar-refractivity contribution in [2.24, 2.45) is 0 Å². The van der Waals surface area contributed by atoms with Crippen LogP contribution >= 0.6 is 0 Å². The van der Waals surface area contributed by atoms with Crippen LogP contribution in [0.4, 0.5) is 31.4 Å². The summed E-state index contributed by atoms with van der Waals surface area (Å²) in [5.41, 5.74) is 8.18. The van der Waals surface area contributed by atoms with E-state index < -0.39 is 54.5 Å². The molecule has 3 fully saturated rings. The normalized spacial score (nSPS) is 19.3. The zero-order valence-electron chi connectivity index (χ0n) is 30.8. The lowest BCUT2D eigenvalue weighted by molar-refractivity contribution is -0.123. The first-order valence-electron chi connectivity index (χ1n) is 18.1. The lowest BCUT2D eigenvalue weighted by Crippen LogP contribution is -2.29. The maximum absolute atomic E-state index is 12.8. The molecule has 6 rings (SSSR count). The van der Waals surface area contributed by atoms with Crippen LogP contribution in [0.3, 0.4) is 0 Å². The Labute approximate surface area is 317 Å². The van der Waals surface area contributed by atoms with Gasteiger partial charge in [-0.15, -0.1) is 0 Å². The van der Waals surface area contributed by atoms with Gasteiger partial charge in [0.15, 0.2) is 0 Å². The summed E-state index contributed by atoms with van der Waals surface area (Å²) in [5.74, 6) is -1.29. The van der Waals surface area contributed by atoms with Crippen molar-refractivity contribution in [3.05, 3.63) is 88.0 Å². The average Bonchev–Trinajstić information content (AvgIpc) is 3.92. The molecule has 3 unspecified atom stereocenters. The molecule has 0 radical (unpaired) electrons. The smallest absolute Gasteiger partial charge is 0.430 e. The molecule has 3 atom stereocenters. The summed E-state index contributed by atoms with van der Waals surface area (Å²) in [5, 5.41) is 8.48. The van der Waals surface area contributed by atoms with E-state index in [1.54, 1.807) is 12.1 Å². The van der Waals surface area contributed by atoms with E-state index in [2.05, 4.69) is 16.0 Å². The minimum absolute atomic E-state index is 0.102. The van der Waals surface area contributed by atoms with Crippen molar-refractivity contribution in [1.29, 1.82) is 0 Å². The highest BCUT2D eigenvalue weighted by atomic mass is 16.8. The van der Waals surface area contributed by atoms with Crippen molar-refractivity contribution in [3.8, 4) is 0 Å². The quantitative estimate of drug-likeness (QED) is 0.118. The van der Waals surface area contributed by atoms with E-state index in [0.29, 0.717) is 17.1 Å². The Morgan fingerprint density at radius 1 is 0.564 bits per heavy atom. The van der Waals surface area contributed by atoms with Gasteiger partial charge in [-0.3, -0.25) is 14.4 Å². The number of ether oxygens (including phenoxy) is 6. The van der Waals surface area contributed by atoms with Crippen LogP contribution < -0.4 is 16.0 Å². The molecule has 3 aromatic rings. The highest BCUT2D eigenvalue weighted by Crippen LogP contribution is 2.33. The summed E-state index contributed by atoms with van der Waals surface area (Å²) in [4.78, 5) is 72.1. The van der Waals surface area contributed by atoms with Crippen molar-refractivity contribution < 1.29 is 57.2 Å². The van der Waals surface area contributed by atoms with Gasteiger partial charge in [-0.2, -0.15) is 0 Å². The second-order valence-corrected chi connectivity index (χ2v) is 13.8. The molecule has 3 N–H and O–H groups in total. The van der Waals surface area contributed by atoms with Crippen LogP contribution in [0, 0.1) is 20.8 Å². The predicted octanol–water partition coefficient (Wildman–Crippen LogP) is 6.16.